The lowest BCUT2D eigenvalue weighted by Gasteiger charge is -2.09. The minimum Gasteiger partial charge on any atom is -0.497 e. The summed E-state index contributed by atoms with van der Waals surface area (Å²) in [6.07, 6.45) is 3.80. The van der Waals surface area contributed by atoms with Crippen molar-refractivity contribution in [3.63, 3.8) is 0 Å². The Kier molecular flexibility index (Phi) is 5.98. The number of ketones is 1. The summed E-state index contributed by atoms with van der Waals surface area (Å²) >= 11 is 12.2. The van der Waals surface area contributed by atoms with Crippen LogP contribution in [-0.2, 0) is 13.2 Å². The van der Waals surface area contributed by atoms with Crippen LogP contribution in [0, 0.1) is 0 Å². The van der Waals surface area contributed by atoms with E-state index in [0.717, 1.165) is 34.3 Å². The van der Waals surface area contributed by atoms with Crippen LogP contribution in [0.5, 0.6) is 17.2 Å². The van der Waals surface area contributed by atoms with Crippen molar-refractivity contribution < 1.29 is 19.0 Å². The van der Waals surface area contributed by atoms with E-state index in [4.69, 9.17) is 37.4 Å². The third kappa shape index (κ3) is 4.13. The van der Waals surface area contributed by atoms with E-state index in [1.807, 2.05) is 30.5 Å². The van der Waals surface area contributed by atoms with Crippen LogP contribution in [0.2, 0.25) is 10.0 Å². The van der Waals surface area contributed by atoms with Crippen LogP contribution >= 0.6 is 23.2 Å². The Balaban J connectivity index is 1.41. The van der Waals surface area contributed by atoms with Gasteiger partial charge in [-0.1, -0.05) is 29.3 Å². The normalized spacial score (nSPS) is 13.9. The summed E-state index contributed by atoms with van der Waals surface area (Å²) in [5.74, 6) is 1.90. The molecular formula is C27H21Cl2NO4. The van der Waals surface area contributed by atoms with Gasteiger partial charge in [0.2, 0.25) is 5.78 Å². The molecule has 0 saturated heterocycles. The van der Waals surface area contributed by atoms with Crippen molar-refractivity contribution in [3.05, 3.63) is 93.3 Å². The largest absolute Gasteiger partial charge is 0.497 e. The molecule has 0 N–H and O–H groups in total. The molecule has 7 heteroatoms. The minimum absolute atomic E-state index is 0.164. The standard InChI is InChI=1S/C27H21Cl2NO4/c1-3-30-14-17(22-12-19(32-2)7-9-24(22)30)10-26-27(31)21-8-6-20(13-25(21)34-26)33-15-16-4-5-18(28)11-23(16)29/h4-14H,3,15H2,1-2H3. The predicted molar refractivity (Wildman–Crippen MR) is 134 cm³/mol. The summed E-state index contributed by atoms with van der Waals surface area (Å²) in [5.41, 5.74) is 3.27. The topological polar surface area (TPSA) is 49.7 Å². The number of fused-ring (bicyclic) bond motifs is 2. The fourth-order valence-electron chi connectivity index (χ4n) is 4.01. The smallest absolute Gasteiger partial charge is 0.231 e. The Bertz CT molecular complexity index is 1450. The van der Waals surface area contributed by atoms with Gasteiger partial charge in [-0.2, -0.15) is 0 Å². The minimum atomic E-state index is -0.164. The summed E-state index contributed by atoms with van der Waals surface area (Å²) < 4.78 is 19.3. The number of aryl methyl sites for hydroxylation is 1. The van der Waals surface area contributed by atoms with Gasteiger partial charge in [-0.05, 0) is 55.5 Å². The predicted octanol–water partition coefficient (Wildman–Crippen LogP) is 7.17. The second kappa shape index (κ2) is 9.09. The number of carbonyl (C=O) groups is 1. The molecule has 0 aliphatic carbocycles. The molecule has 0 atom stereocenters. The number of methoxy groups -OCH3 is 1. The molecule has 0 saturated carbocycles. The zero-order valence-corrected chi connectivity index (χ0v) is 20.1. The molecule has 2 heterocycles. The first kappa shape index (κ1) is 22.4. The molecule has 0 spiro atoms. The van der Waals surface area contributed by atoms with Crippen molar-refractivity contribution >= 4 is 46.0 Å². The monoisotopic (exact) mass is 493 g/mol. The number of aromatic nitrogens is 1. The van der Waals surface area contributed by atoms with Crippen LogP contribution in [0.3, 0.4) is 0 Å². The van der Waals surface area contributed by atoms with Crippen molar-refractivity contribution in [1.82, 2.24) is 4.57 Å². The van der Waals surface area contributed by atoms with E-state index in [-0.39, 0.29) is 18.1 Å². The van der Waals surface area contributed by atoms with E-state index < -0.39 is 0 Å². The second-order valence-corrected chi connectivity index (χ2v) is 8.72. The Morgan fingerprint density at radius 1 is 1.03 bits per heavy atom. The molecule has 4 aromatic rings. The van der Waals surface area contributed by atoms with Gasteiger partial charge in [-0.25, -0.2) is 0 Å². The van der Waals surface area contributed by atoms with Gasteiger partial charge in [0.25, 0.3) is 0 Å². The number of hydrogen-bond donors (Lipinski definition) is 0. The van der Waals surface area contributed by atoms with Gasteiger partial charge in [0.1, 0.15) is 23.9 Å². The molecule has 1 aliphatic heterocycles. The first-order valence-corrected chi connectivity index (χ1v) is 11.5. The highest BCUT2D eigenvalue weighted by Gasteiger charge is 2.28. The average molecular weight is 494 g/mol. The van der Waals surface area contributed by atoms with Crippen molar-refractivity contribution in [3.8, 4) is 17.2 Å². The second-order valence-electron chi connectivity index (χ2n) is 7.88. The molecule has 0 radical (unpaired) electrons. The molecule has 0 bridgehead atoms. The van der Waals surface area contributed by atoms with E-state index in [2.05, 4.69) is 11.5 Å². The summed E-state index contributed by atoms with van der Waals surface area (Å²) in [7, 11) is 1.64. The average Bonchev–Trinajstić information content (AvgIpc) is 3.34. The first-order chi connectivity index (χ1) is 16.5. The Morgan fingerprint density at radius 2 is 1.85 bits per heavy atom. The van der Waals surface area contributed by atoms with Crippen LogP contribution in [0.1, 0.15) is 28.4 Å². The highest BCUT2D eigenvalue weighted by atomic mass is 35.5. The van der Waals surface area contributed by atoms with E-state index in [1.165, 1.54) is 0 Å². The number of halogens is 2. The number of hydrogen-bond acceptors (Lipinski definition) is 4. The zero-order valence-electron chi connectivity index (χ0n) is 18.6. The molecule has 5 rings (SSSR count). The molecule has 0 fully saturated rings. The van der Waals surface area contributed by atoms with E-state index in [0.29, 0.717) is 27.1 Å². The lowest BCUT2D eigenvalue weighted by molar-refractivity contribution is 0.101. The summed E-state index contributed by atoms with van der Waals surface area (Å²) in [6, 6.07) is 16.4. The molecule has 34 heavy (non-hydrogen) atoms. The number of ether oxygens (including phenoxy) is 3. The van der Waals surface area contributed by atoms with Crippen LogP contribution in [0.4, 0.5) is 0 Å². The van der Waals surface area contributed by atoms with Gasteiger partial charge in [0, 0.05) is 50.9 Å². The Labute approximate surface area is 207 Å². The van der Waals surface area contributed by atoms with Crippen molar-refractivity contribution in [2.45, 2.75) is 20.1 Å². The Morgan fingerprint density at radius 3 is 2.62 bits per heavy atom. The maximum absolute atomic E-state index is 13.0. The molecule has 1 aromatic heterocycles. The maximum Gasteiger partial charge on any atom is 0.231 e. The third-order valence-electron chi connectivity index (χ3n) is 5.80. The fraction of sp³-hybridized carbons (Fsp3) is 0.148. The quantitative estimate of drug-likeness (QED) is 0.267. The number of allylic oxidation sites excluding steroid dienone is 1. The number of Topliss-reactive ketones (excluding diaryl/α,β-unsaturated/α-hetero) is 1. The molecule has 0 amide bonds. The van der Waals surface area contributed by atoms with Crippen molar-refractivity contribution in [1.29, 1.82) is 0 Å². The van der Waals surface area contributed by atoms with Gasteiger partial charge < -0.3 is 18.8 Å². The lowest BCUT2D eigenvalue weighted by atomic mass is 10.1. The highest BCUT2D eigenvalue weighted by Crippen LogP contribution is 2.36. The lowest BCUT2D eigenvalue weighted by Crippen LogP contribution is -1.98. The maximum atomic E-state index is 13.0. The van der Waals surface area contributed by atoms with Gasteiger partial charge in [-0.15, -0.1) is 0 Å². The number of nitrogens with zero attached hydrogens (tertiary/aromatic N) is 1. The molecular weight excluding hydrogens is 473 g/mol. The van der Waals surface area contributed by atoms with Gasteiger partial charge >= 0.3 is 0 Å². The molecule has 3 aromatic carbocycles. The summed E-state index contributed by atoms with van der Waals surface area (Å²) in [4.78, 5) is 13.0. The first-order valence-electron chi connectivity index (χ1n) is 10.8. The summed E-state index contributed by atoms with van der Waals surface area (Å²) in [6.45, 7) is 3.15. The van der Waals surface area contributed by atoms with Crippen LogP contribution in [0.15, 0.2) is 66.6 Å². The Hall–Kier alpha value is -3.41. The highest BCUT2D eigenvalue weighted by molar-refractivity contribution is 6.35. The van der Waals surface area contributed by atoms with E-state index in [9.17, 15) is 4.79 Å². The molecule has 5 nitrogen and oxygen atoms in total. The van der Waals surface area contributed by atoms with Crippen LogP contribution in [-0.4, -0.2) is 17.5 Å². The number of benzene rings is 3. The van der Waals surface area contributed by atoms with Crippen LogP contribution in [0.25, 0.3) is 17.0 Å². The number of rotatable bonds is 6. The fourth-order valence-corrected chi connectivity index (χ4v) is 4.47. The van der Waals surface area contributed by atoms with E-state index >= 15 is 0 Å². The summed E-state index contributed by atoms with van der Waals surface area (Å²) in [5, 5.41) is 2.09. The molecule has 172 valence electrons. The zero-order chi connectivity index (χ0) is 23.8. The number of carbonyl (C=O) groups excluding carboxylic acids is 1. The van der Waals surface area contributed by atoms with Crippen molar-refractivity contribution in [2.75, 3.05) is 7.11 Å². The van der Waals surface area contributed by atoms with Crippen LogP contribution < -0.4 is 14.2 Å². The van der Waals surface area contributed by atoms with E-state index in [1.54, 1.807) is 43.5 Å². The van der Waals surface area contributed by atoms with Gasteiger partial charge in [-0.3, -0.25) is 4.79 Å². The third-order valence-corrected chi connectivity index (χ3v) is 6.38. The SMILES string of the molecule is CCn1cc(C=C2Oc3cc(OCc4ccc(Cl)cc4Cl)ccc3C2=O)c2cc(OC)ccc21. The van der Waals surface area contributed by atoms with Gasteiger partial charge in [0.05, 0.1) is 12.7 Å². The molecule has 1 aliphatic rings. The molecule has 0 unspecified atom stereocenters. The van der Waals surface area contributed by atoms with Crippen molar-refractivity contribution in [2.24, 2.45) is 0 Å². The van der Waals surface area contributed by atoms with Gasteiger partial charge in [0.15, 0.2) is 5.76 Å².